The molecule has 2 aliphatic heterocycles. The molecule has 4 heteroatoms. The van der Waals surface area contributed by atoms with Gasteiger partial charge in [0.25, 0.3) is 0 Å². The summed E-state index contributed by atoms with van der Waals surface area (Å²) in [5.74, 6) is 2.29. The SMILES string of the molecule is CCC1CC(C)CN1C(=O)CC(C)C1CCCNC1.Cl. The number of likely N-dealkylation sites (tertiary alicyclic amines) is 1. The third kappa shape index (κ3) is 4.36. The number of nitrogens with one attached hydrogen (secondary N) is 1. The Morgan fingerprint density at radius 3 is 2.80 bits per heavy atom. The first kappa shape index (κ1) is 17.8. The number of amides is 1. The van der Waals surface area contributed by atoms with Crippen molar-refractivity contribution < 1.29 is 4.79 Å². The lowest BCUT2D eigenvalue weighted by Crippen LogP contribution is -2.39. The van der Waals surface area contributed by atoms with Crippen molar-refractivity contribution in [3.63, 3.8) is 0 Å². The number of halogens is 1. The summed E-state index contributed by atoms with van der Waals surface area (Å²) in [5, 5.41) is 3.46. The molecule has 2 heterocycles. The first-order valence-corrected chi connectivity index (χ1v) is 8.12. The van der Waals surface area contributed by atoms with E-state index in [-0.39, 0.29) is 12.4 Å². The van der Waals surface area contributed by atoms with E-state index in [4.69, 9.17) is 0 Å². The maximum Gasteiger partial charge on any atom is 0.223 e. The highest BCUT2D eigenvalue weighted by Gasteiger charge is 2.33. The lowest BCUT2D eigenvalue weighted by molar-refractivity contribution is -0.133. The molecule has 1 N–H and O–H groups in total. The van der Waals surface area contributed by atoms with E-state index in [1.807, 2.05) is 0 Å². The van der Waals surface area contributed by atoms with Crippen molar-refractivity contribution in [2.75, 3.05) is 19.6 Å². The van der Waals surface area contributed by atoms with E-state index in [9.17, 15) is 4.79 Å². The third-order valence-electron chi connectivity index (χ3n) is 5.05. The number of carbonyl (C=O) groups excluding carboxylic acids is 1. The van der Waals surface area contributed by atoms with Gasteiger partial charge in [-0.05, 0) is 56.5 Å². The quantitative estimate of drug-likeness (QED) is 0.865. The van der Waals surface area contributed by atoms with Gasteiger partial charge < -0.3 is 10.2 Å². The Morgan fingerprint density at radius 1 is 1.45 bits per heavy atom. The molecule has 2 aliphatic rings. The monoisotopic (exact) mass is 302 g/mol. The molecule has 0 aromatic rings. The molecular weight excluding hydrogens is 272 g/mol. The summed E-state index contributed by atoms with van der Waals surface area (Å²) in [6.07, 6.45) is 5.60. The summed E-state index contributed by atoms with van der Waals surface area (Å²) in [4.78, 5) is 14.7. The summed E-state index contributed by atoms with van der Waals surface area (Å²) in [6.45, 7) is 9.96. The van der Waals surface area contributed by atoms with E-state index in [0.717, 1.165) is 32.5 Å². The van der Waals surface area contributed by atoms with Crippen molar-refractivity contribution >= 4 is 18.3 Å². The summed E-state index contributed by atoms with van der Waals surface area (Å²) < 4.78 is 0. The molecule has 2 saturated heterocycles. The molecule has 20 heavy (non-hydrogen) atoms. The molecular formula is C16H31ClN2O. The molecule has 1 amide bonds. The molecule has 118 valence electrons. The van der Waals surface area contributed by atoms with E-state index in [1.54, 1.807) is 0 Å². The number of hydrogen-bond donors (Lipinski definition) is 1. The second-order valence-corrected chi connectivity index (χ2v) is 6.74. The van der Waals surface area contributed by atoms with Gasteiger partial charge in [-0.25, -0.2) is 0 Å². The summed E-state index contributed by atoms with van der Waals surface area (Å²) in [7, 11) is 0. The highest BCUT2D eigenvalue weighted by atomic mass is 35.5. The van der Waals surface area contributed by atoms with Crippen LogP contribution in [0.5, 0.6) is 0 Å². The van der Waals surface area contributed by atoms with Crippen molar-refractivity contribution in [2.45, 2.75) is 58.9 Å². The van der Waals surface area contributed by atoms with Gasteiger partial charge in [0.15, 0.2) is 0 Å². The fourth-order valence-electron chi connectivity index (χ4n) is 3.77. The third-order valence-corrected chi connectivity index (χ3v) is 5.05. The van der Waals surface area contributed by atoms with Crippen molar-refractivity contribution in [1.29, 1.82) is 0 Å². The van der Waals surface area contributed by atoms with E-state index in [0.29, 0.717) is 29.7 Å². The van der Waals surface area contributed by atoms with E-state index >= 15 is 0 Å². The minimum Gasteiger partial charge on any atom is -0.339 e. The van der Waals surface area contributed by atoms with Gasteiger partial charge in [0.1, 0.15) is 0 Å². The molecule has 4 unspecified atom stereocenters. The van der Waals surface area contributed by atoms with Crippen molar-refractivity contribution in [2.24, 2.45) is 17.8 Å². The Hall–Kier alpha value is -0.280. The van der Waals surface area contributed by atoms with E-state index in [2.05, 4.69) is 31.0 Å². The average molecular weight is 303 g/mol. The van der Waals surface area contributed by atoms with Crippen LogP contribution in [0.15, 0.2) is 0 Å². The van der Waals surface area contributed by atoms with Crippen LogP contribution in [0.25, 0.3) is 0 Å². The van der Waals surface area contributed by atoms with Crippen LogP contribution in [0, 0.1) is 17.8 Å². The molecule has 0 aliphatic carbocycles. The zero-order valence-electron chi connectivity index (χ0n) is 13.2. The van der Waals surface area contributed by atoms with Crippen molar-refractivity contribution in [3.8, 4) is 0 Å². The van der Waals surface area contributed by atoms with E-state index in [1.165, 1.54) is 19.3 Å². The highest BCUT2D eigenvalue weighted by Crippen LogP contribution is 2.28. The van der Waals surface area contributed by atoms with Gasteiger partial charge in [0.2, 0.25) is 5.91 Å². The fourth-order valence-corrected chi connectivity index (χ4v) is 3.77. The van der Waals surface area contributed by atoms with Gasteiger partial charge >= 0.3 is 0 Å². The lowest BCUT2D eigenvalue weighted by atomic mass is 9.85. The summed E-state index contributed by atoms with van der Waals surface area (Å²) in [6, 6.07) is 0.499. The molecule has 2 rings (SSSR count). The van der Waals surface area contributed by atoms with Crippen LogP contribution in [0.3, 0.4) is 0 Å². The van der Waals surface area contributed by atoms with E-state index < -0.39 is 0 Å². The van der Waals surface area contributed by atoms with Gasteiger partial charge in [0, 0.05) is 19.0 Å². The lowest BCUT2D eigenvalue weighted by Gasteiger charge is -2.30. The summed E-state index contributed by atoms with van der Waals surface area (Å²) >= 11 is 0. The molecule has 0 spiro atoms. The van der Waals surface area contributed by atoms with Crippen LogP contribution in [-0.4, -0.2) is 36.5 Å². The second kappa shape index (κ2) is 8.23. The largest absolute Gasteiger partial charge is 0.339 e. The van der Waals surface area contributed by atoms with Crippen molar-refractivity contribution in [3.05, 3.63) is 0 Å². The zero-order valence-corrected chi connectivity index (χ0v) is 14.0. The molecule has 0 saturated carbocycles. The number of nitrogens with zero attached hydrogens (tertiary/aromatic N) is 1. The predicted molar refractivity (Wildman–Crippen MR) is 86.2 cm³/mol. The normalized spacial score (nSPS) is 31.8. The highest BCUT2D eigenvalue weighted by molar-refractivity contribution is 5.85. The Bertz CT molecular complexity index is 305. The Kier molecular flexibility index (Phi) is 7.32. The number of hydrogen-bond acceptors (Lipinski definition) is 2. The maximum atomic E-state index is 12.5. The number of rotatable bonds is 4. The average Bonchev–Trinajstić information content (AvgIpc) is 2.81. The van der Waals surface area contributed by atoms with Gasteiger partial charge in [-0.2, -0.15) is 0 Å². The van der Waals surface area contributed by atoms with Gasteiger partial charge in [0.05, 0.1) is 0 Å². The first-order chi connectivity index (χ1) is 9.11. The Morgan fingerprint density at radius 2 is 2.20 bits per heavy atom. The van der Waals surface area contributed by atoms with Crippen molar-refractivity contribution in [1.82, 2.24) is 10.2 Å². The second-order valence-electron chi connectivity index (χ2n) is 6.74. The zero-order chi connectivity index (χ0) is 13.8. The molecule has 0 aromatic carbocycles. The maximum absolute atomic E-state index is 12.5. The van der Waals surface area contributed by atoms with Crippen LogP contribution in [0.1, 0.15) is 52.9 Å². The number of carbonyl (C=O) groups is 1. The molecule has 4 atom stereocenters. The predicted octanol–water partition coefficient (Wildman–Crippen LogP) is 3.08. The van der Waals surface area contributed by atoms with Gasteiger partial charge in [-0.3, -0.25) is 4.79 Å². The molecule has 0 aromatic heterocycles. The van der Waals surface area contributed by atoms with Crippen LogP contribution in [-0.2, 0) is 4.79 Å². The van der Waals surface area contributed by atoms with Crippen LogP contribution >= 0.6 is 12.4 Å². The first-order valence-electron chi connectivity index (χ1n) is 8.12. The smallest absolute Gasteiger partial charge is 0.223 e. The van der Waals surface area contributed by atoms with Crippen LogP contribution < -0.4 is 5.32 Å². The van der Waals surface area contributed by atoms with Gasteiger partial charge in [-0.1, -0.05) is 20.8 Å². The standard InChI is InChI=1S/C16H30N2O.ClH/c1-4-15-8-12(2)11-18(15)16(19)9-13(3)14-6-5-7-17-10-14;/h12-15,17H,4-11H2,1-3H3;1H. The minimum atomic E-state index is 0. The number of piperidine rings is 1. The summed E-state index contributed by atoms with van der Waals surface area (Å²) in [5.41, 5.74) is 0. The molecule has 0 bridgehead atoms. The van der Waals surface area contributed by atoms with Crippen LogP contribution in [0.2, 0.25) is 0 Å². The topological polar surface area (TPSA) is 32.3 Å². The Balaban J connectivity index is 0.00000200. The van der Waals surface area contributed by atoms with Gasteiger partial charge in [-0.15, -0.1) is 12.4 Å². The Labute approximate surface area is 130 Å². The minimum absolute atomic E-state index is 0. The fraction of sp³-hybridized carbons (Fsp3) is 0.938. The molecule has 3 nitrogen and oxygen atoms in total. The van der Waals surface area contributed by atoms with Crippen LogP contribution in [0.4, 0.5) is 0 Å². The molecule has 0 radical (unpaired) electrons. The molecule has 2 fully saturated rings.